The third kappa shape index (κ3) is 4.66. The molecule has 0 unspecified atom stereocenters. The monoisotopic (exact) mass is 358 g/mol. The van der Waals surface area contributed by atoms with Crippen molar-refractivity contribution in [1.82, 2.24) is 5.32 Å². The number of benzene rings is 2. The molecule has 0 bridgehead atoms. The molecule has 2 rings (SSSR count). The first kappa shape index (κ1) is 19.1. The van der Waals surface area contributed by atoms with Crippen molar-refractivity contribution < 1.29 is 23.8 Å². The summed E-state index contributed by atoms with van der Waals surface area (Å²) in [6.07, 6.45) is 0. The molecule has 0 saturated carbocycles. The number of hydrogen-bond donors (Lipinski definition) is 2. The number of carbonyl (C=O) groups is 2. The lowest BCUT2D eigenvalue weighted by Crippen LogP contribution is -2.32. The molecule has 0 aromatic heterocycles. The minimum absolute atomic E-state index is 0.176. The third-order valence-electron chi connectivity index (χ3n) is 3.68. The van der Waals surface area contributed by atoms with Crippen molar-refractivity contribution in [1.29, 1.82) is 0 Å². The first-order valence-corrected chi connectivity index (χ1v) is 7.93. The number of hydrogen-bond acceptors (Lipinski definition) is 5. The maximum absolute atomic E-state index is 12.2. The fourth-order valence-corrected chi connectivity index (χ4v) is 2.35. The van der Waals surface area contributed by atoms with E-state index in [0.717, 1.165) is 5.56 Å². The van der Waals surface area contributed by atoms with Gasteiger partial charge in [-0.3, -0.25) is 9.59 Å². The summed E-state index contributed by atoms with van der Waals surface area (Å²) in [6, 6.07) is 10.2. The van der Waals surface area contributed by atoms with E-state index in [2.05, 4.69) is 10.6 Å². The molecule has 2 aromatic carbocycles. The number of nitrogens with one attached hydrogen (secondary N) is 2. The summed E-state index contributed by atoms with van der Waals surface area (Å²) in [6.45, 7) is 1.73. The van der Waals surface area contributed by atoms with Gasteiger partial charge in [-0.05, 0) is 42.8 Å². The molecule has 0 atom stereocenters. The Morgan fingerprint density at radius 1 is 0.885 bits per heavy atom. The van der Waals surface area contributed by atoms with Gasteiger partial charge in [0.05, 0.1) is 33.6 Å². The van der Waals surface area contributed by atoms with Crippen molar-refractivity contribution in [2.45, 2.75) is 6.92 Å². The summed E-state index contributed by atoms with van der Waals surface area (Å²) in [5.41, 5.74) is 1.90. The highest BCUT2D eigenvalue weighted by Gasteiger charge is 2.13. The lowest BCUT2D eigenvalue weighted by atomic mass is 10.2. The van der Waals surface area contributed by atoms with Crippen LogP contribution in [-0.2, 0) is 4.79 Å². The Bertz CT molecular complexity index is 805. The van der Waals surface area contributed by atoms with E-state index in [1.807, 2.05) is 13.0 Å². The molecule has 0 radical (unpaired) electrons. The molecular weight excluding hydrogens is 336 g/mol. The zero-order chi connectivity index (χ0) is 19.1. The second-order valence-electron chi connectivity index (χ2n) is 5.50. The minimum Gasteiger partial charge on any atom is -0.495 e. The summed E-state index contributed by atoms with van der Waals surface area (Å²) < 4.78 is 15.5. The molecule has 2 N–H and O–H groups in total. The zero-order valence-electron chi connectivity index (χ0n) is 15.2. The second kappa shape index (κ2) is 8.75. The maximum atomic E-state index is 12.2. The standard InChI is InChI=1S/C19H22N2O5/c1-12-5-7-15(24-2)14(9-12)21-18(22)11-20-19(23)13-6-8-16(25-3)17(10-13)26-4/h5-10H,11H2,1-4H3,(H,20,23)(H,21,22). The van der Waals surface area contributed by atoms with Gasteiger partial charge in [-0.15, -0.1) is 0 Å². The van der Waals surface area contributed by atoms with Gasteiger partial charge >= 0.3 is 0 Å². The summed E-state index contributed by atoms with van der Waals surface area (Å²) >= 11 is 0. The van der Waals surface area contributed by atoms with Gasteiger partial charge in [-0.1, -0.05) is 6.07 Å². The van der Waals surface area contributed by atoms with Crippen molar-refractivity contribution in [3.8, 4) is 17.2 Å². The lowest BCUT2D eigenvalue weighted by molar-refractivity contribution is -0.115. The molecular formula is C19H22N2O5. The van der Waals surface area contributed by atoms with E-state index in [0.29, 0.717) is 28.5 Å². The fourth-order valence-electron chi connectivity index (χ4n) is 2.35. The van der Waals surface area contributed by atoms with Gasteiger partial charge in [-0.25, -0.2) is 0 Å². The van der Waals surface area contributed by atoms with Crippen LogP contribution in [0.4, 0.5) is 5.69 Å². The molecule has 0 heterocycles. The predicted octanol–water partition coefficient (Wildman–Crippen LogP) is 2.39. The summed E-state index contributed by atoms with van der Waals surface area (Å²) in [7, 11) is 4.53. The first-order chi connectivity index (χ1) is 12.5. The van der Waals surface area contributed by atoms with Crippen LogP contribution in [0.15, 0.2) is 36.4 Å². The molecule has 0 spiro atoms. The number of methoxy groups -OCH3 is 3. The topological polar surface area (TPSA) is 85.9 Å². The number of anilines is 1. The van der Waals surface area contributed by atoms with Crippen molar-refractivity contribution in [3.05, 3.63) is 47.5 Å². The van der Waals surface area contributed by atoms with Gasteiger partial charge in [0.15, 0.2) is 11.5 Å². The molecule has 0 aliphatic rings. The quantitative estimate of drug-likeness (QED) is 0.794. The van der Waals surface area contributed by atoms with Gasteiger partial charge in [0.1, 0.15) is 5.75 Å². The highest BCUT2D eigenvalue weighted by molar-refractivity contribution is 6.00. The number of amides is 2. The SMILES string of the molecule is COc1ccc(C)cc1NC(=O)CNC(=O)c1ccc(OC)c(OC)c1. The smallest absolute Gasteiger partial charge is 0.251 e. The van der Waals surface area contributed by atoms with Crippen molar-refractivity contribution in [2.75, 3.05) is 33.2 Å². The van der Waals surface area contributed by atoms with Crippen LogP contribution in [0.5, 0.6) is 17.2 Å². The molecule has 0 fully saturated rings. The summed E-state index contributed by atoms with van der Waals surface area (Å²) in [5, 5.41) is 5.30. The Labute approximate surface area is 152 Å². The second-order valence-corrected chi connectivity index (χ2v) is 5.50. The Hall–Kier alpha value is -3.22. The third-order valence-corrected chi connectivity index (χ3v) is 3.68. The molecule has 7 nitrogen and oxygen atoms in total. The Morgan fingerprint density at radius 2 is 1.54 bits per heavy atom. The van der Waals surface area contributed by atoms with E-state index in [9.17, 15) is 9.59 Å². The predicted molar refractivity (Wildman–Crippen MR) is 98.2 cm³/mol. The van der Waals surface area contributed by atoms with Gasteiger partial charge in [0, 0.05) is 5.56 Å². The van der Waals surface area contributed by atoms with Crippen LogP contribution in [0.3, 0.4) is 0 Å². The molecule has 138 valence electrons. The zero-order valence-corrected chi connectivity index (χ0v) is 15.2. The molecule has 26 heavy (non-hydrogen) atoms. The van der Waals surface area contributed by atoms with Gasteiger partial charge in [0.2, 0.25) is 5.91 Å². The van der Waals surface area contributed by atoms with Crippen LogP contribution in [-0.4, -0.2) is 39.7 Å². The number of ether oxygens (including phenoxy) is 3. The number of rotatable bonds is 7. The van der Waals surface area contributed by atoms with Crippen molar-refractivity contribution in [3.63, 3.8) is 0 Å². The maximum Gasteiger partial charge on any atom is 0.251 e. The van der Waals surface area contributed by atoms with E-state index in [1.165, 1.54) is 21.3 Å². The van der Waals surface area contributed by atoms with Gasteiger partial charge in [-0.2, -0.15) is 0 Å². The summed E-state index contributed by atoms with van der Waals surface area (Å²) in [5.74, 6) is 0.762. The van der Waals surface area contributed by atoms with E-state index < -0.39 is 5.91 Å². The lowest BCUT2D eigenvalue weighted by Gasteiger charge is -2.12. The number of aryl methyl sites for hydroxylation is 1. The number of carbonyl (C=O) groups excluding carboxylic acids is 2. The Morgan fingerprint density at radius 3 is 2.19 bits per heavy atom. The Balaban J connectivity index is 1.99. The van der Waals surface area contributed by atoms with Crippen molar-refractivity contribution in [2.24, 2.45) is 0 Å². The van der Waals surface area contributed by atoms with Crippen LogP contribution < -0.4 is 24.8 Å². The molecule has 7 heteroatoms. The van der Waals surface area contributed by atoms with E-state index in [4.69, 9.17) is 14.2 Å². The highest BCUT2D eigenvalue weighted by atomic mass is 16.5. The highest BCUT2D eigenvalue weighted by Crippen LogP contribution is 2.27. The largest absolute Gasteiger partial charge is 0.495 e. The Kier molecular flexibility index (Phi) is 6.43. The van der Waals surface area contributed by atoms with E-state index in [-0.39, 0.29) is 12.5 Å². The molecule has 2 aromatic rings. The average Bonchev–Trinajstić information content (AvgIpc) is 2.65. The van der Waals surface area contributed by atoms with Gasteiger partial charge in [0.25, 0.3) is 5.91 Å². The fraction of sp³-hybridized carbons (Fsp3) is 0.263. The molecule has 0 aliphatic carbocycles. The first-order valence-electron chi connectivity index (χ1n) is 7.93. The summed E-state index contributed by atoms with van der Waals surface area (Å²) in [4.78, 5) is 24.4. The van der Waals surface area contributed by atoms with Crippen LogP contribution in [0.25, 0.3) is 0 Å². The molecule has 2 amide bonds. The minimum atomic E-state index is -0.391. The van der Waals surface area contributed by atoms with Crippen LogP contribution in [0.1, 0.15) is 15.9 Å². The van der Waals surface area contributed by atoms with Gasteiger partial charge < -0.3 is 24.8 Å². The molecule has 0 saturated heterocycles. The van der Waals surface area contributed by atoms with E-state index >= 15 is 0 Å². The average molecular weight is 358 g/mol. The van der Waals surface area contributed by atoms with Crippen LogP contribution >= 0.6 is 0 Å². The van der Waals surface area contributed by atoms with E-state index in [1.54, 1.807) is 30.3 Å². The molecule has 0 aliphatic heterocycles. The van der Waals surface area contributed by atoms with Crippen LogP contribution in [0, 0.1) is 6.92 Å². The normalized spacial score (nSPS) is 10.0. The van der Waals surface area contributed by atoms with Crippen LogP contribution in [0.2, 0.25) is 0 Å². The van der Waals surface area contributed by atoms with Crippen molar-refractivity contribution >= 4 is 17.5 Å².